The molecule has 0 aliphatic carbocycles. The number of piperidine rings is 1. The number of hydrogen-bond donors (Lipinski definition) is 1. The van der Waals surface area contributed by atoms with Gasteiger partial charge in [0, 0.05) is 22.4 Å². The average molecular weight is 377 g/mol. The number of alkyl halides is 1. The standard InChI is InChI=1S/C13H15Br2NO2/c1-8-4-5-16(7-11(8)15)13(18)10-6-9(14)2-3-12(10)17/h2-3,6,8,11,17H,4-5,7H2,1H3. The van der Waals surface area contributed by atoms with Crippen LogP contribution in [-0.4, -0.2) is 33.8 Å². The van der Waals surface area contributed by atoms with E-state index in [1.807, 2.05) is 0 Å². The summed E-state index contributed by atoms with van der Waals surface area (Å²) in [5.74, 6) is 0.503. The molecule has 98 valence electrons. The van der Waals surface area contributed by atoms with Crippen molar-refractivity contribution in [3.63, 3.8) is 0 Å². The molecule has 1 aromatic carbocycles. The van der Waals surface area contributed by atoms with Crippen LogP contribution in [0.5, 0.6) is 5.75 Å². The number of carbonyl (C=O) groups is 1. The topological polar surface area (TPSA) is 40.5 Å². The number of benzene rings is 1. The van der Waals surface area contributed by atoms with Crippen molar-refractivity contribution in [1.82, 2.24) is 4.90 Å². The van der Waals surface area contributed by atoms with Crippen LogP contribution in [0.1, 0.15) is 23.7 Å². The zero-order valence-electron chi connectivity index (χ0n) is 10.1. The zero-order valence-corrected chi connectivity index (χ0v) is 13.2. The van der Waals surface area contributed by atoms with E-state index in [9.17, 15) is 9.90 Å². The molecule has 1 saturated heterocycles. The highest BCUT2D eigenvalue weighted by molar-refractivity contribution is 9.10. The third-order valence-electron chi connectivity index (χ3n) is 3.34. The molecule has 0 spiro atoms. The lowest BCUT2D eigenvalue weighted by Crippen LogP contribution is -2.43. The van der Waals surface area contributed by atoms with Gasteiger partial charge in [-0.3, -0.25) is 4.79 Å². The molecule has 1 fully saturated rings. The second kappa shape index (κ2) is 5.61. The summed E-state index contributed by atoms with van der Waals surface area (Å²) in [7, 11) is 0. The summed E-state index contributed by atoms with van der Waals surface area (Å²) in [5, 5.41) is 9.77. The molecule has 0 saturated carbocycles. The third kappa shape index (κ3) is 2.88. The van der Waals surface area contributed by atoms with Crippen molar-refractivity contribution in [2.24, 2.45) is 5.92 Å². The van der Waals surface area contributed by atoms with E-state index >= 15 is 0 Å². The molecule has 0 radical (unpaired) electrons. The van der Waals surface area contributed by atoms with Gasteiger partial charge in [0.1, 0.15) is 5.75 Å². The van der Waals surface area contributed by atoms with Crippen molar-refractivity contribution in [2.75, 3.05) is 13.1 Å². The monoisotopic (exact) mass is 375 g/mol. The smallest absolute Gasteiger partial charge is 0.257 e. The molecule has 0 aromatic heterocycles. The highest BCUT2D eigenvalue weighted by Gasteiger charge is 2.28. The number of rotatable bonds is 1. The van der Waals surface area contributed by atoms with Gasteiger partial charge in [0.25, 0.3) is 5.91 Å². The number of phenolic OH excluding ortho intramolecular Hbond substituents is 1. The molecule has 1 aliphatic rings. The Bertz CT molecular complexity index is 464. The van der Waals surface area contributed by atoms with Crippen LogP contribution < -0.4 is 0 Å². The van der Waals surface area contributed by atoms with E-state index in [0.29, 0.717) is 22.9 Å². The van der Waals surface area contributed by atoms with Crippen LogP contribution in [0.3, 0.4) is 0 Å². The fourth-order valence-corrected chi connectivity index (χ4v) is 3.03. The van der Waals surface area contributed by atoms with Crippen molar-refractivity contribution in [3.8, 4) is 5.75 Å². The Balaban J connectivity index is 2.19. The fraction of sp³-hybridized carbons (Fsp3) is 0.462. The van der Waals surface area contributed by atoms with Gasteiger partial charge in [-0.1, -0.05) is 38.8 Å². The molecule has 1 aromatic rings. The normalized spacial score (nSPS) is 24.1. The Morgan fingerprint density at radius 3 is 2.89 bits per heavy atom. The number of hydrogen-bond acceptors (Lipinski definition) is 2. The van der Waals surface area contributed by atoms with Crippen molar-refractivity contribution < 1.29 is 9.90 Å². The maximum atomic E-state index is 12.3. The lowest BCUT2D eigenvalue weighted by molar-refractivity contribution is 0.0703. The summed E-state index contributed by atoms with van der Waals surface area (Å²) in [6, 6.07) is 4.92. The lowest BCUT2D eigenvalue weighted by atomic mass is 9.98. The van der Waals surface area contributed by atoms with Crippen LogP contribution in [0.2, 0.25) is 0 Å². The first-order chi connectivity index (χ1) is 8.49. The van der Waals surface area contributed by atoms with E-state index in [1.165, 1.54) is 6.07 Å². The number of amides is 1. The quantitative estimate of drug-likeness (QED) is 0.763. The summed E-state index contributed by atoms with van der Waals surface area (Å²) in [4.78, 5) is 14.5. The number of aromatic hydroxyl groups is 1. The van der Waals surface area contributed by atoms with Gasteiger partial charge >= 0.3 is 0 Å². The van der Waals surface area contributed by atoms with Crippen molar-refractivity contribution in [2.45, 2.75) is 18.2 Å². The van der Waals surface area contributed by atoms with E-state index in [1.54, 1.807) is 17.0 Å². The van der Waals surface area contributed by atoms with Gasteiger partial charge < -0.3 is 10.0 Å². The van der Waals surface area contributed by atoms with Crippen molar-refractivity contribution >= 4 is 37.8 Å². The summed E-state index contributed by atoms with van der Waals surface area (Å²) in [5.41, 5.74) is 0.360. The Labute approximate surface area is 123 Å². The summed E-state index contributed by atoms with van der Waals surface area (Å²) in [6.45, 7) is 3.61. The Kier molecular flexibility index (Phi) is 4.33. The lowest BCUT2D eigenvalue weighted by Gasteiger charge is -2.34. The van der Waals surface area contributed by atoms with E-state index < -0.39 is 0 Å². The molecule has 2 unspecified atom stereocenters. The zero-order chi connectivity index (χ0) is 13.3. The molecule has 0 bridgehead atoms. The Morgan fingerprint density at radius 2 is 2.22 bits per heavy atom. The maximum absolute atomic E-state index is 12.3. The minimum absolute atomic E-state index is 0.0351. The van der Waals surface area contributed by atoms with Crippen LogP contribution in [0.15, 0.2) is 22.7 Å². The molecule has 1 aliphatic heterocycles. The van der Waals surface area contributed by atoms with Gasteiger partial charge in [0.2, 0.25) is 0 Å². The second-order valence-electron chi connectivity index (χ2n) is 4.69. The minimum Gasteiger partial charge on any atom is -0.507 e. The summed E-state index contributed by atoms with van der Waals surface area (Å²) >= 11 is 6.92. The third-order valence-corrected chi connectivity index (χ3v) is 5.03. The Morgan fingerprint density at radius 1 is 1.50 bits per heavy atom. The molecule has 5 heteroatoms. The average Bonchev–Trinajstić information content (AvgIpc) is 2.35. The van der Waals surface area contributed by atoms with Crippen molar-refractivity contribution in [1.29, 1.82) is 0 Å². The SMILES string of the molecule is CC1CCN(C(=O)c2cc(Br)ccc2O)CC1Br. The first kappa shape index (κ1) is 13.9. The molecule has 2 atom stereocenters. The van der Waals surface area contributed by atoms with E-state index in [-0.39, 0.29) is 11.7 Å². The predicted octanol–water partition coefficient (Wildman–Crippen LogP) is 3.40. The van der Waals surface area contributed by atoms with Gasteiger partial charge in [0.15, 0.2) is 0 Å². The minimum atomic E-state index is -0.106. The van der Waals surface area contributed by atoms with Crippen LogP contribution in [0, 0.1) is 5.92 Å². The van der Waals surface area contributed by atoms with Crippen LogP contribution >= 0.6 is 31.9 Å². The summed E-state index contributed by atoms with van der Waals surface area (Å²) in [6.07, 6.45) is 0.983. The van der Waals surface area contributed by atoms with Gasteiger partial charge in [-0.25, -0.2) is 0 Å². The molecule has 1 N–H and O–H groups in total. The molecule has 18 heavy (non-hydrogen) atoms. The van der Waals surface area contributed by atoms with Gasteiger partial charge in [-0.05, 0) is 30.5 Å². The molecular weight excluding hydrogens is 362 g/mol. The van der Waals surface area contributed by atoms with Crippen LogP contribution in [-0.2, 0) is 0 Å². The predicted molar refractivity (Wildman–Crippen MR) is 78.2 cm³/mol. The van der Waals surface area contributed by atoms with Crippen LogP contribution in [0.25, 0.3) is 0 Å². The van der Waals surface area contributed by atoms with Crippen LogP contribution in [0.4, 0.5) is 0 Å². The maximum Gasteiger partial charge on any atom is 0.257 e. The van der Waals surface area contributed by atoms with E-state index in [4.69, 9.17) is 0 Å². The molecule has 3 nitrogen and oxygen atoms in total. The van der Waals surface area contributed by atoms with E-state index in [2.05, 4.69) is 38.8 Å². The fourth-order valence-electron chi connectivity index (χ4n) is 2.06. The first-order valence-electron chi connectivity index (χ1n) is 5.91. The number of nitrogens with zero attached hydrogens (tertiary/aromatic N) is 1. The Hall–Kier alpha value is -0.550. The van der Waals surface area contributed by atoms with Gasteiger partial charge in [-0.15, -0.1) is 0 Å². The van der Waals surface area contributed by atoms with Gasteiger partial charge in [0.05, 0.1) is 5.56 Å². The summed E-state index contributed by atoms with van der Waals surface area (Å²) < 4.78 is 0.796. The molecule has 1 heterocycles. The number of halogens is 2. The first-order valence-corrected chi connectivity index (χ1v) is 7.61. The van der Waals surface area contributed by atoms with E-state index in [0.717, 1.165) is 17.4 Å². The van der Waals surface area contributed by atoms with Crippen molar-refractivity contribution in [3.05, 3.63) is 28.2 Å². The largest absolute Gasteiger partial charge is 0.507 e. The highest BCUT2D eigenvalue weighted by atomic mass is 79.9. The number of likely N-dealkylation sites (tertiary alicyclic amines) is 1. The molecule has 1 amide bonds. The molecule has 2 rings (SSSR count). The molecular formula is C13H15Br2NO2. The number of carbonyl (C=O) groups excluding carboxylic acids is 1. The van der Waals surface area contributed by atoms with Gasteiger partial charge in [-0.2, -0.15) is 0 Å². The highest BCUT2D eigenvalue weighted by Crippen LogP contribution is 2.27. The second-order valence-corrected chi connectivity index (χ2v) is 6.79. The number of phenols is 1.